The molecule has 1 aliphatic carbocycles. The van der Waals surface area contributed by atoms with Gasteiger partial charge in [0.05, 0.1) is 25.4 Å². The Kier molecular flexibility index (Phi) is 16.3. The van der Waals surface area contributed by atoms with Gasteiger partial charge in [0, 0.05) is 27.0 Å². The predicted molar refractivity (Wildman–Crippen MR) is 233 cm³/mol. The Labute approximate surface area is 386 Å². The number of benzene rings is 4. The maximum atomic E-state index is 13.5. The molecule has 11 atom stereocenters. The number of aliphatic imine (C=N–C) groups is 1. The summed E-state index contributed by atoms with van der Waals surface area (Å²) in [6, 6.07) is 31.4. The van der Waals surface area contributed by atoms with Crippen LogP contribution in [0.15, 0.2) is 120 Å². The lowest BCUT2D eigenvalue weighted by Gasteiger charge is -2.49. The van der Waals surface area contributed by atoms with Gasteiger partial charge in [-0.2, -0.15) is 13.2 Å². The van der Waals surface area contributed by atoms with Crippen molar-refractivity contribution < 1.29 is 74.9 Å². The fourth-order valence-electron chi connectivity index (χ4n) is 8.34. The first-order valence-corrected chi connectivity index (χ1v) is 21.9. The van der Waals surface area contributed by atoms with Crippen LogP contribution >= 0.6 is 0 Å². The van der Waals surface area contributed by atoms with Crippen molar-refractivity contribution in [3.8, 4) is 0 Å². The molecular weight excluding hydrogens is 880 g/mol. The molecule has 0 amide bonds. The third kappa shape index (κ3) is 13.1. The van der Waals surface area contributed by atoms with Crippen LogP contribution in [0.5, 0.6) is 0 Å². The summed E-state index contributed by atoms with van der Waals surface area (Å²) < 4.78 is 105. The number of alkyl halides is 3. The second-order valence-corrected chi connectivity index (χ2v) is 16.8. The van der Waals surface area contributed by atoms with Crippen LogP contribution in [-0.4, -0.2) is 104 Å². The van der Waals surface area contributed by atoms with Crippen molar-refractivity contribution in [3.63, 3.8) is 0 Å². The van der Waals surface area contributed by atoms with E-state index >= 15 is 0 Å². The van der Waals surface area contributed by atoms with Crippen molar-refractivity contribution in [2.75, 3.05) is 6.61 Å². The molecule has 2 saturated heterocycles. The van der Waals surface area contributed by atoms with E-state index in [1.165, 1.54) is 25.3 Å². The summed E-state index contributed by atoms with van der Waals surface area (Å²) in [5.74, 6) is -3.47. The molecule has 0 bridgehead atoms. The lowest BCUT2D eigenvalue weighted by molar-refractivity contribution is -0.321. The molecule has 7 rings (SSSR count). The molecule has 2 heterocycles. The normalized spacial score (nSPS) is 28.1. The van der Waals surface area contributed by atoms with Gasteiger partial charge in [0.2, 0.25) is 0 Å². The standard InChI is InChI=1S/C50H54F3NO13/c1-30(55)58-29-38-40(62-31(2)56)41(63-32(3)57)39(54-25-33-21-23-37(24-22-33)50(51,52)53)48(64-38)65-45-43(60-27-35-17-11-7-12-18-35)42(59-26-34-15-9-6-10-16-34)44(46-47(45)67-49(4,5)66-46)61-28-36-19-13-8-14-20-36/h6-25,38-48H,26-29H2,1-5H3/t38-,39-,40-,41-,42+,43-,44+,45+,46-,47-,48-/m1/s1. The molecule has 4 aromatic carbocycles. The molecule has 0 radical (unpaired) electrons. The Morgan fingerprint density at radius 3 is 1.55 bits per heavy atom. The van der Waals surface area contributed by atoms with Gasteiger partial charge in [0.25, 0.3) is 0 Å². The highest BCUT2D eigenvalue weighted by molar-refractivity contribution is 5.80. The fraction of sp³-hybridized carbons (Fsp3) is 0.440. The molecule has 67 heavy (non-hydrogen) atoms. The van der Waals surface area contributed by atoms with Gasteiger partial charge in [-0.15, -0.1) is 0 Å². The summed E-state index contributed by atoms with van der Waals surface area (Å²) in [5, 5.41) is 0. The Morgan fingerprint density at radius 1 is 0.612 bits per heavy atom. The molecule has 0 N–H and O–H groups in total. The van der Waals surface area contributed by atoms with Crippen LogP contribution in [0.3, 0.4) is 0 Å². The summed E-state index contributed by atoms with van der Waals surface area (Å²) in [6.07, 6.45) is -14.8. The average molecular weight is 934 g/mol. The SMILES string of the molecule is CC(=O)OC[C@H]1O[C@H](O[C@H]2[C@H](OCc3ccccc3)[C@H](OCc3ccccc3)[C@H](OCc3ccccc3)[C@H]3OC(C)(C)O[C@H]23)[C@H](N=Cc2ccc(C(F)(F)F)cc2)[C@@H](OC(C)=O)[C@@H]1OC(C)=O. The molecular formula is C50H54F3NO13. The highest BCUT2D eigenvalue weighted by Crippen LogP contribution is 2.44. The number of ether oxygens (including phenoxy) is 10. The quantitative estimate of drug-likeness (QED) is 0.0591. The molecule has 358 valence electrons. The first kappa shape index (κ1) is 49.4. The molecule has 0 aromatic heterocycles. The van der Waals surface area contributed by atoms with Crippen molar-refractivity contribution in [1.29, 1.82) is 0 Å². The van der Waals surface area contributed by atoms with E-state index in [0.29, 0.717) is 0 Å². The van der Waals surface area contributed by atoms with Crippen molar-refractivity contribution in [3.05, 3.63) is 143 Å². The number of esters is 3. The van der Waals surface area contributed by atoms with E-state index in [0.717, 1.165) is 42.7 Å². The zero-order valence-electron chi connectivity index (χ0n) is 37.6. The summed E-state index contributed by atoms with van der Waals surface area (Å²) in [6.45, 7) is 6.86. The van der Waals surface area contributed by atoms with Gasteiger partial charge >= 0.3 is 24.1 Å². The summed E-state index contributed by atoms with van der Waals surface area (Å²) in [5.41, 5.74) is 1.93. The molecule has 14 nitrogen and oxygen atoms in total. The van der Waals surface area contributed by atoms with Crippen LogP contribution in [0.25, 0.3) is 0 Å². The molecule has 0 unspecified atom stereocenters. The van der Waals surface area contributed by atoms with Crippen LogP contribution in [0, 0.1) is 0 Å². The second kappa shape index (κ2) is 22.1. The number of rotatable bonds is 17. The topological polar surface area (TPSA) is 156 Å². The van der Waals surface area contributed by atoms with Gasteiger partial charge in [-0.25, -0.2) is 0 Å². The van der Waals surface area contributed by atoms with E-state index in [2.05, 4.69) is 0 Å². The number of carbonyl (C=O) groups excluding carboxylic acids is 3. The number of carbonyl (C=O) groups is 3. The summed E-state index contributed by atoms with van der Waals surface area (Å²) in [4.78, 5) is 42.5. The molecule has 0 spiro atoms. The Hall–Kier alpha value is -5.53. The van der Waals surface area contributed by atoms with Crippen molar-refractivity contribution >= 4 is 24.1 Å². The van der Waals surface area contributed by atoms with Crippen molar-refractivity contribution in [1.82, 2.24) is 0 Å². The molecule has 3 fully saturated rings. The lowest BCUT2D eigenvalue weighted by Crippen LogP contribution is -2.68. The highest BCUT2D eigenvalue weighted by Gasteiger charge is 2.62. The van der Waals surface area contributed by atoms with Crippen LogP contribution in [-0.2, 0) is 87.7 Å². The zero-order valence-corrected chi connectivity index (χ0v) is 37.6. The second-order valence-electron chi connectivity index (χ2n) is 16.8. The van der Waals surface area contributed by atoms with E-state index in [1.54, 1.807) is 13.8 Å². The minimum atomic E-state index is -4.59. The van der Waals surface area contributed by atoms with Crippen LogP contribution in [0.2, 0.25) is 0 Å². The van der Waals surface area contributed by atoms with Gasteiger partial charge in [0.15, 0.2) is 24.3 Å². The Balaban J connectivity index is 1.34. The molecule has 4 aromatic rings. The minimum Gasteiger partial charge on any atom is -0.463 e. The summed E-state index contributed by atoms with van der Waals surface area (Å²) >= 11 is 0. The Morgan fingerprint density at radius 2 is 1.07 bits per heavy atom. The molecule has 3 aliphatic rings. The predicted octanol–water partition coefficient (Wildman–Crippen LogP) is 7.32. The monoisotopic (exact) mass is 933 g/mol. The molecule has 2 aliphatic heterocycles. The first-order valence-electron chi connectivity index (χ1n) is 21.9. The van der Waals surface area contributed by atoms with Crippen LogP contribution in [0.4, 0.5) is 13.2 Å². The van der Waals surface area contributed by atoms with E-state index in [9.17, 15) is 27.6 Å². The van der Waals surface area contributed by atoms with Gasteiger partial charge in [-0.05, 0) is 48.2 Å². The third-order valence-corrected chi connectivity index (χ3v) is 11.2. The van der Waals surface area contributed by atoms with Gasteiger partial charge in [-0.3, -0.25) is 19.4 Å². The van der Waals surface area contributed by atoms with E-state index < -0.39 is 109 Å². The fourth-order valence-corrected chi connectivity index (χ4v) is 8.34. The van der Waals surface area contributed by atoms with E-state index in [1.807, 2.05) is 91.0 Å². The van der Waals surface area contributed by atoms with Crippen molar-refractivity contribution in [2.45, 2.75) is 134 Å². The van der Waals surface area contributed by atoms with Crippen molar-refractivity contribution in [2.24, 2.45) is 4.99 Å². The first-order chi connectivity index (χ1) is 32.0. The van der Waals surface area contributed by atoms with E-state index in [4.69, 9.17) is 52.4 Å². The number of fused-ring (bicyclic) bond motifs is 1. The number of halogens is 3. The maximum absolute atomic E-state index is 13.5. The van der Waals surface area contributed by atoms with Gasteiger partial charge in [0.1, 0.15) is 55.4 Å². The zero-order chi connectivity index (χ0) is 47.7. The Bertz CT molecular complexity index is 2270. The molecule has 1 saturated carbocycles. The number of hydrogen-bond donors (Lipinski definition) is 0. The van der Waals surface area contributed by atoms with Crippen LogP contribution in [0.1, 0.15) is 62.4 Å². The summed E-state index contributed by atoms with van der Waals surface area (Å²) in [7, 11) is 0. The minimum absolute atomic E-state index is 0.0737. The maximum Gasteiger partial charge on any atom is 0.416 e. The number of nitrogens with zero attached hydrogens (tertiary/aromatic N) is 1. The highest BCUT2D eigenvalue weighted by atomic mass is 19.4. The average Bonchev–Trinajstić information content (AvgIpc) is 3.62. The molecule has 17 heteroatoms. The van der Waals surface area contributed by atoms with E-state index in [-0.39, 0.29) is 25.4 Å². The number of hydrogen-bond acceptors (Lipinski definition) is 14. The lowest BCUT2D eigenvalue weighted by atomic mass is 9.83. The van der Waals surface area contributed by atoms with Gasteiger partial charge in [-0.1, -0.05) is 103 Å². The smallest absolute Gasteiger partial charge is 0.416 e. The largest absolute Gasteiger partial charge is 0.463 e. The van der Waals surface area contributed by atoms with Crippen LogP contribution < -0.4 is 0 Å². The van der Waals surface area contributed by atoms with Gasteiger partial charge < -0.3 is 47.4 Å². The third-order valence-electron chi connectivity index (χ3n) is 11.2.